The molecule has 1 aromatic rings. The second-order valence-corrected chi connectivity index (χ2v) is 5.83. The third kappa shape index (κ3) is 1.77. The van der Waals surface area contributed by atoms with E-state index in [9.17, 15) is 0 Å². The fourth-order valence-corrected chi connectivity index (χ4v) is 2.35. The van der Waals surface area contributed by atoms with Gasteiger partial charge in [-0.15, -0.1) is 11.3 Å². The van der Waals surface area contributed by atoms with Gasteiger partial charge in [0.15, 0.2) is 5.06 Å². The molecule has 1 aliphatic heterocycles. The molecule has 1 aliphatic rings. The molecule has 0 aromatic carbocycles. The predicted octanol–water partition coefficient (Wildman–Crippen LogP) is 2.06. The Labute approximate surface area is 101 Å². The lowest BCUT2D eigenvalue weighted by Crippen LogP contribution is -2.41. The second kappa shape index (κ2) is 3.76. The molecule has 2 heterocycles. The van der Waals surface area contributed by atoms with Crippen LogP contribution in [0.5, 0.6) is 5.06 Å². The molecule has 1 saturated heterocycles. The number of hydrogen-bond donors (Lipinski definition) is 0. The van der Waals surface area contributed by atoms with Gasteiger partial charge in [-0.25, -0.2) is 0 Å². The zero-order chi connectivity index (χ0) is 12.0. The van der Waals surface area contributed by atoms with E-state index in [1.807, 2.05) is 39.1 Å². The summed E-state index contributed by atoms with van der Waals surface area (Å²) in [6.45, 7) is 8.19. The minimum absolute atomic E-state index is 0.301. The molecule has 1 aromatic heterocycles. The zero-order valence-electron chi connectivity index (χ0n) is 10.4. The number of methoxy groups -OCH3 is 1. The topological polar surface area (TPSA) is 27.7 Å². The van der Waals surface area contributed by atoms with Crippen molar-refractivity contribution in [1.82, 2.24) is 0 Å². The van der Waals surface area contributed by atoms with E-state index in [1.165, 1.54) is 0 Å². The molecule has 0 bridgehead atoms. The molecule has 3 nitrogen and oxygen atoms in total. The zero-order valence-corrected chi connectivity index (χ0v) is 11.2. The number of hydrogen-bond acceptors (Lipinski definition) is 4. The second-order valence-electron chi connectivity index (χ2n) is 4.96. The summed E-state index contributed by atoms with van der Waals surface area (Å²) in [5.41, 5.74) is 0.376. The minimum atomic E-state index is -0.328. The highest BCUT2D eigenvalue weighted by Gasteiger charge is 2.52. The number of thiophene rings is 1. The molecule has 5 heteroatoms. The Hall–Kier alpha value is -0.515. The maximum atomic E-state index is 5.96. The van der Waals surface area contributed by atoms with E-state index in [4.69, 9.17) is 14.0 Å². The first-order valence-corrected chi connectivity index (χ1v) is 6.22. The Kier molecular flexibility index (Phi) is 2.81. The van der Waals surface area contributed by atoms with E-state index in [1.54, 1.807) is 18.4 Å². The molecule has 1 fully saturated rings. The Balaban J connectivity index is 2.27. The van der Waals surface area contributed by atoms with Crippen LogP contribution in [0.3, 0.4) is 0 Å². The summed E-state index contributed by atoms with van der Waals surface area (Å²) in [5.74, 6) is 0. The molecule has 16 heavy (non-hydrogen) atoms. The molecule has 0 N–H and O–H groups in total. The lowest BCUT2D eigenvalue weighted by molar-refractivity contribution is 0.00578. The Morgan fingerprint density at radius 1 is 1.19 bits per heavy atom. The van der Waals surface area contributed by atoms with Crippen molar-refractivity contribution in [1.29, 1.82) is 0 Å². The fraction of sp³-hybridized carbons (Fsp3) is 0.636. The van der Waals surface area contributed by atoms with Crippen LogP contribution in [-0.2, 0) is 9.31 Å². The van der Waals surface area contributed by atoms with Crippen molar-refractivity contribution in [2.45, 2.75) is 38.9 Å². The monoisotopic (exact) mass is 240 g/mol. The molecule has 0 atom stereocenters. The van der Waals surface area contributed by atoms with Gasteiger partial charge in [0.05, 0.1) is 18.3 Å². The molecular formula is C11H17BO3S. The quantitative estimate of drug-likeness (QED) is 0.740. The summed E-state index contributed by atoms with van der Waals surface area (Å²) in [5, 5.41) is 2.85. The van der Waals surface area contributed by atoms with E-state index in [0.29, 0.717) is 0 Å². The van der Waals surface area contributed by atoms with Crippen LogP contribution in [0.2, 0.25) is 0 Å². The van der Waals surface area contributed by atoms with Gasteiger partial charge in [-0.2, -0.15) is 0 Å². The average molecular weight is 240 g/mol. The standard InChI is InChI=1S/C11H17BO3S/c1-10(2)11(3,4)15-12(14-10)8-6-7-16-9(8)13-5/h6-7H,1-5H3. The van der Waals surface area contributed by atoms with Crippen molar-refractivity contribution in [3.63, 3.8) is 0 Å². The summed E-state index contributed by atoms with van der Waals surface area (Å²) < 4.78 is 17.2. The lowest BCUT2D eigenvalue weighted by atomic mass is 9.81. The van der Waals surface area contributed by atoms with Crippen molar-refractivity contribution < 1.29 is 14.0 Å². The summed E-state index contributed by atoms with van der Waals surface area (Å²) in [7, 11) is 1.34. The van der Waals surface area contributed by atoms with Crippen LogP contribution in [0.15, 0.2) is 11.4 Å². The third-order valence-corrected chi connectivity index (χ3v) is 4.24. The highest BCUT2D eigenvalue weighted by atomic mass is 32.1. The van der Waals surface area contributed by atoms with Crippen LogP contribution in [0.1, 0.15) is 27.7 Å². The molecule has 0 amide bonds. The van der Waals surface area contributed by atoms with Gasteiger partial charge in [-0.1, -0.05) is 0 Å². The van der Waals surface area contributed by atoms with Gasteiger partial charge in [0.2, 0.25) is 0 Å². The van der Waals surface area contributed by atoms with Crippen molar-refractivity contribution >= 4 is 23.9 Å². The van der Waals surface area contributed by atoms with Crippen molar-refractivity contribution in [3.05, 3.63) is 11.4 Å². The van der Waals surface area contributed by atoms with Gasteiger partial charge in [-0.3, -0.25) is 0 Å². The summed E-state index contributed by atoms with van der Waals surface area (Å²) in [6, 6.07) is 1.99. The van der Waals surface area contributed by atoms with E-state index in [2.05, 4.69) is 0 Å². The molecule has 0 saturated carbocycles. The van der Waals surface area contributed by atoms with Crippen LogP contribution < -0.4 is 10.2 Å². The highest BCUT2D eigenvalue weighted by molar-refractivity contribution is 7.13. The Morgan fingerprint density at radius 3 is 2.25 bits per heavy atom. The van der Waals surface area contributed by atoms with Crippen LogP contribution in [0.4, 0.5) is 0 Å². The van der Waals surface area contributed by atoms with E-state index < -0.39 is 0 Å². The fourth-order valence-electron chi connectivity index (χ4n) is 1.62. The summed E-state index contributed by atoms with van der Waals surface area (Å²) in [4.78, 5) is 0. The van der Waals surface area contributed by atoms with Gasteiger partial charge in [0.1, 0.15) is 0 Å². The van der Waals surface area contributed by atoms with Crippen molar-refractivity contribution in [2.75, 3.05) is 7.11 Å². The Bertz CT molecular complexity index is 370. The largest absolute Gasteiger partial charge is 0.499 e. The van der Waals surface area contributed by atoms with Crippen LogP contribution in [-0.4, -0.2) is 25.4 Å². The van der Waals surface area contributed by atoms with E-state index >= 15 is 0 Å². The Morgan fingerprint density at radius 2 is 1.75 bits per heavy atom. The normalized spacial score (nSPS) is 22.4. The average Bonchev–Trinajstić information content (AvgIpc) is 2.69. The number of ether oxygens (including phenoxy) is 1. The first kappa shape index (κ1) is 12.0. The molecule has 88 valence electrons. The van der Waals surface area contributed by atoms with Crippen LogP contribution in [0, 0.1) is 0 Å². The highest BCUT2D eigenvalue weighted by Crippen LogP contribution is 2.37. The SMILES string of the molecule is COc1sccc1B1OC(C)(C)C(C)(C)O1. The first-order valence-electron chi connectivity index (χ1n) is 5.34. The van der Waals surface area contributed by atoms with Gasteiger partial charge in [0, 0.05) is 5.46 Å². The van der Waals surface area contributed by atoms with Gasteiger partial charge >= 0.3 is 7.12 Å². The summed E-state index contributed by atoms with van der Waals surface area (Å²) >= 11 is 1.55. The molecule has 0 aliphatic carbocycles. The molecule has 0 spiro atoms. The molecule has 2 rings (SSSR count). The summed E-state index contributed by atoms with van der Waals surface area (Å²) in [6.07, 6.45) is 0. The van der Waals surface area contributed by atoms with E-state index in [0.717, 1.165) is 10.5 Å². The maximum Gasteiger partial charge on any atom is 0.499 e. The molecular weight excluding hydrogens is 223 g/mol. The smallest absolute Gasteiger partial charge is 0.488 e. The van der Waals surface area contributed by atoms with Gasteiger partial charge in [-0.05, 0) is 39.1 Å². The number of rotatable bonds is 2. The van der Waals surface area contributed by atoms with Crippen LogP contribution in [0.25, 0.3) is 0 Å². The van der Waals surface area contributed by atoms with Crippen LogP contribution >= 0.6 is 11.3 Å². The first-order chi connectivity index (χ1) is 7.37. The predicted molar refractivity (Wildman–Crippen MR) is 66.6 cm³/mol. The third-order valence-electron chi connectivity index (χ3n) is 3.35. The lowest BCUT2D eigenvalue weighted by Gasteiger charge is -2.32. The van der Waals surface area contributed by atoms with Crippen molar-refractivity contribution in [2.24, 2.45) is 0 Å². The minimum Gasteiger partial charge on any atom is -0.488 e. The van der Waals surface area contributed by atoms with Crippen molar-refractivity contribution in [3.8, 4) is 5.06 Å². The maximum absolute atomic E-state index is 5.96. The van der Waals surface area contributed by atoms with Gasteiger partial charge in [0.25, 0.3) is 0 Å². The van der Waals surface area contributed by atoms with E-state index in [-0.39, 0.29) is 18.3 Å². The molecule has 0 unspecified atom stereocenters. The van der Waals surface area contributed by atoms with Gasteiger partial charge < -0.3 is 14.0 Å². The molecule has 0 radical (unpaired) electrons.